The average molecular weight is 519 g/mol. The maximum atomic E-state index is 13.7. The molecule has 2 aromatic carbocycles. The normalized spacial score (nSPS) is 24.9. The molecule has 1 saturated carbocycles. The summed E-state index contributed by atoms with van der Waals surface area (Å²) in [6.07, 6.45) is 12.5. The van der Waals surface area contributed by atoms with Crippen LogP contribution in [0.15, 0.2) is 71.2 Å². The van der Waals surface area contributed by atoms with E-state index in [1.807, 2.05) is 41.3 Å². The molecule has 3 atom stereocenters. The van der Waals surface area contributed by atoms with Gasteiger partial charge in [-0.3, -0.25) is 9.59 Å². The summed E-state index contributed by atoms with van der Waals surface area (Å²) in [4.78, 5) is 29.5. The topological polar surface area (TPSA) is 49.4 Å². The van der Waals surface area contributed by atoms with Gasteiger partial charge in [0, 0.05) is 30.3 Å². The zero-order valence-electron chi connectivity index (χ0n) is 21.2. The first kappa shape index (κ1) is 25.8. The van der Waals surface area contributed by atoms with E-state index in [0.29, 0.717) is 19.5 Å². The van der Waals surface area contributed by atoms with Gasteiger partial charge < -0.3 is 10.2 Å². The molecule has 37 heavy (non-hydrogen) atoms. The van der Waals surface area contributed by atoms with E-state index in [1.165, 1.54) is 30.5 Å². The number of nitrogens with one attached hydrogen (secondary N) is 1. The highest BCUT2D eigenvalue weighted by Gasteiger charge is 2.44. The van der Waals surface area contributed by atoms with Crippen molar-refractivity contribution in [3.05, 3.63) is 88.1 Å². The lowest BCUT2D eigenvalue weighted by Gasteiger charge is -2.46. The molecule has 0 bridgehead atoms. The molecular formula is C31H35FN2O2S. The Morgan fingerprint density at radius 1 is 1.08 bits per heavy atom. The molecule has 2 aromatic rings. The van der Waals surface area contributed by atoms with Gasteiger partial charge in [0.15, 0.2) is 0 Å². The third kappa shape index (κ3) is 6.53. The Bertz CT molecular complexity index is 1160. The number of allylic oxidation sites excluding steroid dienone is 1. The van der Waals surface area contributed by atoms with Gasteiger partial charge in [0.2, 0.25) is 5.91 Å². The Balaban J connectivity index is 1.30. The number of benzene rings is 2. The molecule has 0 aromatic heterocycles. The van der Waals surface area contributed by atoms with Gasteiger partial charge in [-0.1, -0.05) is 54.1 Å². The van der Waals surface area contributed by atoms with Crippen molar-refractivity contribution in [3.63, 3.8) is 0 Å². The largest absolute Gasteiger partial charge is 0.356 e. The van der Waals surface area contributed by atoms with E-state index < -0.39 is 0 Å². The number of rotatable bonds is 7. The van der Waals surface area contributed by atoms with E-state index >= 15 is 0 Å². The van der Waals surface area contributed by atoms with Crippen LogP contribution in [0.2, 0.25) is 0 Å². The summed E-state index contributed by atoms with van der Waals surface area (Å²) in [6, 6.07) is 16.2. The molecule has 2 amide bonds. The van der Waals surface area contributed by atoms with Crippen LogP contribution in [0.1, 0.15) is 62.5 Å². The van der Waals surface area contributed by atoms with Crippen LogP contribution in [0, 0.1) is 11.7 Å². The zero-order valence-corrected chi connectivity index (χ0v) is 22.0. The number of hydrogen-bond donors (Lipinski definition) is 1. The van der Waals surface area contributed by atoms with Crippen molar-refractivity contribution in [2.45, 2.75) is 69.2 Å². The van der Waals surface area contributed by atoms with Crippen LogP contribution in [0.25, 0.3) is 6.08 Å². The number of nitrogens with zero attached hydrogens (tertiary/aromatic N) is 1. The van der Waals surface area contributed by atoms with E-state index in [4.69, 9.17) is 0 Å². The van der Waals surface area contributed by atoms with Gasteiger partial charge in [0.05, 0.1) is 4.91 Å². The van der Waals surface area contributed by atoms with Crippen LogP contribution in [0.5, 0.6) is 0 Å². The summed E-state index contributed by atoms with van der Waals surface area (Å²) in [5.74, 6) is -0.278. The van der Waals surface area contributed by atoms with E-state index in [2.05, 4.69) is 11.4 Å². The fourth-order valence-corrected chi connectivity index (χ4v) is 7.14. The number of carbonyl (C=O) groups is 2. The van der Waals surface area contributed by atoms with Gasteiger partial charge >= 0.3 is 0 Å². The highest BCUT2D eigenvalue weighted by Crippen LogP contribution is 2.44. The summed E-state index contributed by atoms with van der Waals surface area (Å²) >= 11 is 1.66. The van der Waals surface area contributed by atoms with Crippen molar-refractivity contribution in [3.8, 4) is 0 Å². The average Bonchev–Trinajstić information content (AvgIpc) is 2.93. The Morgan fingerprint density at radius 3 is 2.65 bits per heavy atom. The first-order valence-electron chi connectivity index (χ1n) is 13.5. The summed E-state index contributed by atoms with van der Waals surface area (Å²) in [5, 5.41) is 3.42. The molecule has 2 fully saturated rings. The van der Waals surface area contributed by atoms with Crippen LogP contribution >= 0.6 is 11.8 Å². The lowest BCUT2D eigenvalue weighted by Crippen LogP contribution is -2.53. The predicted octanol–water partition coefficient (Wildman–Crippen LogP) is 6.49. The minimum atomic E-state index is -0.287. The van der Waals surface area contributed by atoms with E-state index in [0.717, 1.165) is 48.1 Å². The summed E-state index contributed by atoms with van der Waals surface area (Å²) < 4.78 is 13.5. The zero-order chi connectivity index (χ0) is 25.6. The van der Waals surface area contributed by atoms with Crippen LogP contribution in [-0.4, -0.2) is 34.6 Å². The van der Waals surface area contributed by atoms with Gasteiger partial charge in [-0.2, -0.15) is 0 Å². The second-order valence-electron chi connectivity index (χ2n) is 10.4. The maximum Gasteiger partial charge on any atom is 0.260 e. The Morgan fingerprint density at radius 2 is 1.89 bits per heavy atom. The third-order valence-electron chi connectivity index (χ3n) is 7.77. The molecule has 6 heteroatoms. The first-order chi connectivity index (χ1) is 18.1. The fourth-order valence-electron chi connectivity index (χ4n) is 5.72. The van der Waals surface area contributed by atoms with Gasteiger partial charge in [0.25, 0.3) is 5.91 Å². The van der Waals surface area contributed by atoms with Crippen molar-refractivity contribution in [1.82, 2.24) is 10.2 Å². The summed E-state index contributed by atoms with van der Waals surface area (Å²) in [5.41, 5.74) is 3.36. The van der Waals surface area contributed by atoms with Crippen molar-refractivity contribution in [1.29, 1.82) is 0 Å². The predicted molar refractivity (Wildman–Crippen MR) is 148 cm³/mol. The molecule has 3 unspecified atom stereocenters. The van der Waals surface area contributed by atoms with Crippen LogP contribution in [-0.2, 0) is 16.1 Å². The molecule has 1 aliphatic heterocycles. The number of hydrogen-bond acceptors (Lipinski definition) is 3. The van der Waals surface area contributed by atoms with Crippen molar-refractivity contribution < 1.29 is 14.0 Å². The number of carbonyl (C=O) groups excluding carboxylic acids is 2. The van der Waals surface area contributed by atoms with Crippen molar-refractivity contribution >= 4 is 29.7 Å². The van der Waals surface area contributed by atoms with Gasteiger partial charge in [-0.15, -0.1) is 11.8 Å². The van der Waals surface area contributed by atoms with Crippen LogP contribution in [0.4, 0.5) is 4.39 Å². The molecule has 0 radical (unpaired) electrons. The molecule has 1 heterocycles. The standard InChI is InChI=1S/C31H35FN2O2S/c32-26-14-11-24(12-15-26)21-34-27-20-25(30(35)33-18-17-22-7-3-1-4-8-22)13-16-28(27)37-29(31(34)36)19-23-9-5-2-6-10-23/h2,5-7,9-12,14-15,19,25,27-28H,1,3-4,8,13,16-18,20-21H2,(H,33,35)/b29-19-. The van der Waals surface area contributed by atoms with E-state index in [9.17, 15) is 14.0 Å². The van der Waals surface area contributed by atoms with Gasteiger partial charge in [0.1, 0.15) is 5.82 Å². The lowest BCUT2D eigenvalue weighted by atomic mass is 9.83. The number of halogens is 1. The van der Waals surface area contributed by atoms with Gasteiger partial charge in [-0.25, -0.2) is 4.39 Å². The summed E-state index contributed by atoms with van der Waals surface area (Å²) in [6.45, 7) is 1.10. The second-order valence-corrected chi connectivity index (χ2v) is 11.6. The molecule has 0 spiro atoms. The highest BCUT2D eigenvalue weighted by molar-refractivity contribution is 8.04. The monoisotopic (exact) mass is 518 g/mol. The second kappa shape index (κ2) is 12.1. The number of amides is 2. The van der Waals surface area contributed by atoms with E-state index in [1.54, 1.807) is 23.9 Å². The molecule has 3 aliphatic rings. The van der Waals surface area contributed by atoms with Crippen LogP contribution in [0.3, 0.4) is 0 Å². The molecule has 1 saturated heterocycles. The Hall–Kier alpha value is -2.86. The molecule has 4 nitrogen and oxygen atoms in total. The maximum absolute atomic E-state index is 13.7. The SMILES string of the molecule is O=C(NCCC1=CCCCC1)C1CCC2S/C(=C\c3ccccc3)C(=O)N(Cc3ccc(F)cc3)C2C1. The molecule has 194 valence electrons. The van der Waals surface area contributed by atoms with Gasteiger partial charge in [-0.05, 0) is 80.7 Å². The molecule has 5 rings (SSSR count). The Labute approximate surface area is 223 Å². The summed E-state index contributed by atoms with van der Waals surface area (Å²) in [7, 11) is 0. The van der Waals surface area contributed by atoms with E-state index in [-0.39, 0.29) is 34.8 Å². The minimum Gasteiger partial charge on any atom is -0.356 e. The quantitative estimate of drug-likeness (QED) is 0.337. The number of fused-ring (bicyclic) bond motifs is 1. The smallest absolute Gasteiger partial charge is 0.260 e. The lowest BCUT2D eigenvalue weighted by molar-refractivity contribution is -0.133. The Kier molecular flexibility index (Phi) is 8.45. The molecule has 1 N–H and O–H groups in total. The van der Waals surface area contributed by atoms with Crippen molar-refractivity contribution in [2.75, 3.05) is 6.54 Å². The number of thioether (sulfide) groups is 1. The highest BCUT2D eigenvalue weighted by atomic mass is 32.2. The molecular weight excluding hydrogens is 483 g/mol. The fraction of sp³-hybridized carbons (Fsp3) is 0.419. The minimum absolute atomic E-state index is 0.00952. The molecule has 2 aliphatic carbocycles. The first-order valence-corrected chi connectivity index (χ1v) is 14.4. The van der Waals surface area contributed by atoms with Crippen molar-refractivity contribution in [2.24, 2.45) is 5.92 Å². The van der Waals surface area contributed by atoms with Crippen LogP contribution < -0.4 is 5.32 Å². The third-order valence-corrected chi connectivity index (χ3v) is 9.17.